The van der Waals surface area contributed by atoms with E-state index in [4.69, 9.17) is 5.53 Å². The fourth-order valence-electron chi connectivity index (χ4n) is 1.28. The zero-order chi connectivity index (χ0) is 11.3. The lowest BCUT2D eigenvalue weighted by atomic mass is 10.0. The first-order valence-corrected chi connectivity index (χ1v) is 4.86. The highest BCUT2D eigenvalue weighted by atomic mass is 16.1. The zero-order valence-electron chi connectivity index (χ0n) is 8.84. The fourth-order valence-corrected chi connectivity index (χ4v) is 1.28. The molecule has 78 valence electrons. The largest absolute Gasteiger partial charge is 0.294 e. The Balaban J connectivity index is 2.87. The second kappa shape index (κ2) is 5.17. The molecule has 0 amide bonds. The van der Waals surface area contributed by atoms with Crippen molar-refractivity contribution in [3.05, 3.63) is 45.8 Å². The molecule has 0 aliphatic carbocycles. The van der Waals surface area contributed by atoms with Crippen LogP contribution >= 0.6 is 0 Å². The van der Waals surface area contributed by atoms with Crippen LogP contribution in [0.4, 0.5) is 0 Å². The molecule has 0 N–H and O–H groups in total. The smallest absolute Gasteiger partial charge is 0.171 e. The number of hydrogen-bond acceptors (Lipinski definition) is 2. The topological polar surface area (TPSA) is 65.8 Å². The van der Waals surface area contributed by atoms with Crippen molar-refractivity contribution in [1.82, 2.24) is 0 Å². The first-order chi connectivity index (χ1) is 7.19. The molecule has 1 atom stereocenters. The molecule has 1 aromatic rings. The number of nitrogens with zero attached hydrogens (tertiary/aromatic N) is 3. The number of azide groups is 1. The van der Waals surface area contributed by atoms with Crippen LogP contribution in [0.25, 0.3) is 10.4 Å². The van der Waals surface area contributed by atoms with Gasteiger partial charge in [-0.05, 0) is 24.4 Å². The van der Waals surface area contributed by atoms with E-state index in [2.05, 4.69) is 16.9 Å². The molecule has 0 aromatic heterocycles. The quantitative estimate of drug-likeness (QED) is 0.321. The van der Waals surface area contributed by atoms with Crippen molar-refractivity contribution in [3.63, 3.8) is 0 Å². The van der Waals surface area contributed by atoms with Crippen LogP contribution in [-0.2, 0) is 6.42 Å². The van der Waals surface area contributed by atoms with Crippen molar-refractivity contribution < 1.29 is 4.79 Å². The molecule has 0 fully saturated rings. The Labute approximate surface area is 88.6 Å². The summed E-state index contributed by atoms with van der Waals surface area (Å²) in [7, 11) is 0. The SMILES string of the molecule is CCc1ccc(C(=O)C(C)N=[N+]=[N-])cc1. The molecule has 0 heterocycles. The molecule has 15 heavy (non-hydrogen) atoms. The van der Waals surface area contributed by atoms with Crippen LogP contribution in [0.2, 0.25) is 0 Å². The van der Waals surface area contributed by atoms with Crippen LogP contribution in [-0.4, -0.2) is 11.8 Å². The van der Waals surface area contributed by atoms with Gasteiger partial charge in [0.2, 0.25) is 0 Å². The Bertz CT molecular complexity index is 391. The minimum atomic E-state index is -0.637. The molecule has 0 saturated carbocycles. The summed E-state index contributed by atoms with van der Waals surface area (Å²) in [6.45, 7) is 3.65. The molecule has 1 aromatic carbocycles. The first-order valence-electron chi connectivity index (χ1n) is 4.86. The van der Waals surface area contributed by atoms with Crippen LogP contribution in [0.15, 0.2) is 29.4 Å². The maximum Gasteiger partial charge on any atom is 0.171 e. The van der Waals surface area contributed by atoms with Crippen molar-refractivity contribution in [2.75, 3.05) is 0 Å². The van der Waals surface area contributed by atoms with Crippen molar-refractivity contribution in [2.24, 2.45) is 5.11 Å². The van der Waals surface area contributed by atoms with E-state index in [1.54, 1.807) is 19.1 Å². The highest BCUT2D eigenvalue weighted by Crippen LogP contribution is 2.09. The summed E-state index contributed by atoms with van der Waals surface area (Å²) >= 11 is 0. The van der Waals surface area contributed by atoms with Gasteiger partial charge in [-0.25, -0.2) is 0 Å². The number of Topliss-reactive ketones (excluding diaryl/α,β-unsaturated/α-hetero) is 1. The summed E-state index contributed by atoms with van der Waals surface area (Å²) < 4.78 is 0. The monoisotopic (exact) mass is 203 g/mol. The summed E-state index contributed by atoms with van der Waals surface area (Å²) in [6, 6.07) is 6.73. The number of benzene rings is 1. The molecular formula is C11H13N3O. The minimum Gasteiger partial charge on any atom is -0.294 e. The summed E-state index contributed by atoms with van der Waals surface area (Å²) in [5, 5.41) is 3.37. The molecule has 0 radical (unpaired) electrons. The van der Waals surface area contributed by atoms with Crippen molar-refractivity contribution in [3.8, 4) is 0 Å². The van der Waals surface area contributed by atoms with Crippen molar-refractivity contribution in [2.45, 2.75) is 26.3 Å². The van der Waals surface area contributed by atoms with E-state index in [0.29, 0.717) is 5.56 Å². The predicted molar refractivity (Wildman–Crippen MR) is 58.8 cm³/mol. The van der Waals surface area contributed by atoms with Gasteiger partial charge in [0.15, 0.2) is 5.78 Å². The number of rotatable bonds is 4. The number of carbonyl (C=O) groups excluding carboxylic acids is 1. The minimum absolute atomic E-state index is 0.143. The Hall–Kier alpha value is -1.80. The van der Waals surface area contributed by atoms with E-state index in [9.17, 15) is 4.79 Å². The molecule has 4 nitrogen and oxygen atoms in total. The van der Waals surface area contributed by atoms with E-state index in [1.165, 1.54) is 5.56 Å². The highest BCUT2D eigenvalue weighted by Gasteiger charge is 2.12. The molecular weight excluding hydrogens is 190 g/mol. The van der Waals surface area contributed by atoms with E-state index < -0.39 is 6.04 Å². The Morgan fingerprint density at radius 3 is 2.53 bits per heavy atom. The summed E-state index contributed by atoms with van der Waals surface area (Å²) in [5.41, 5.74) is 9.99. The maximum absolute atomic E-state index is 11.7. The molecule has 0 aliphatic rings. The number of ketones is 1. The third kappa shape index (κ3) is 2.82. The van der Waals surface area contributed by atoms with Gasteiger partial charge >= 0.3 is 0 Å². The molecule has 1 unspecified atom stereocenters. The second-order valence-corrected chi connectivity index (χ2v) is 3.30. The first kappa shape index (κ1) is 11.3. The van der Waals surface area contributed by atoms with Gasteiger partial charge < -0.3 is 0 Å². The van der Waals surface area contributed by atoms with Gasteiger partial charge in [-0.2, -0.15) is 0 Å². The Morgan fingerprint density at radius 2 is 2.07 bits per heavy atom. The number of carbonyl (C=O) groups is 1. The van der Waals surface area contributed by atoms with Crippen LogP contribution < -0.4 is 0 Å². The molecule has 0 spiro atoms. The lowest BCUT2D eigenvalue weighted by Crippen LogP contribution is -2.13. The van der Waals surface area contributed by atoms with Crippen LogP contribution in [0.3, 0.4) is 0 Å². The molecule has 1 rings (SSSR count). The Morgan fingerprint density at radius 1 is 1.47 bits per heavy atom. The van der Waals surface area contributed by atoms with Gasteiger partial charge in [-0.15, -0.1) is 0 Å². The van der Waals surface area contributed by atoms with Crippen molar-refractivity contribution >= 4 is 5.78 Å². The van der Waals surface area contributed by atoms with Gasteiger partial charge in [-0.1, -0.05) is 36.3 Å². The van der Waals surface area contributed by atoms with Gasteiger partial charge in [0.05, 0.1) is 6.04 Å². The Kier molecular flexibility index (Phi) is 3.89. The van der Waals surface area contributed by atoms with E-state index in [0.717, 1.165) is 6.42 Å². The number of aryl methyl sites for hydroxylation is 1. The lowest BCUT2D eigenvalue weighted by Gasteiger charge is -2.04. The van der Waals surface area contributed by atoms with Crippen LogP contribution in [0, 0.1) is 0 Å². The van der Waals surface area contributed by atoms with Gasteiger partial charge in [0.1, 0.15) is 0 Å². The lowest BCUT2D eigenvalue weighted by molar-refractivity contribution is 0.0968. The predicted octanol–water partition coefficient (Wildman–Crippen LogP) is 3.13. The van der Waals surface area contributed by atoms with Gasteiger partial charge in [-0.3, -0.25) is 4.79 Å². The summed E-state index contributed by atoms with van der Waals surface area (Å²) in [4.78, 5) is 14.3. The van der Waals surface area contributed by atoms with E-state index in [-0.39, 0.29) is 5.78 Å². The zero-order valence-corrected chi connectivity index (χ0v) is 8.84. The van der Waals surface area contributed by atoms with Gasteiger partial charge in [0.25, 0.3) is 0 Å². The third-order valence-corrected chi connectivity index (χ3v) is 2.25. The fraction of sp³-hybridized carbons (Fsp3) is 0.364. The van der Waals surface area contributed by atoms with E-state index in [1.807, 2.05) is 12.1 Å². The normalized spacial score (nSPS) is 11.6. The molecule has 0 bridgehead atoms. The molecule has 4 heteroatoms. The highest BCUT2D eigenvalue weighted by molar-refractivity contribution is 5.99. The third-order valence-electron chi connectivity index (χ3n) is 2.25. The average molecular weight is 203 g/mol. The van der Waals surface area contributed by atoms with Crippen LogP contribution in [0.5, 0.6) is 0 Å². The van der Waals surface area contributed by atoms with E-state index >= 15 is 0 Å². The molecule has 0 saturated heterocycles. The standard InChI is InChI=1S/C11H13N3O/c1-3-9-4-6-10(7-5-9)11(15)8(2)13-14-12/h4-8H,3H2,1-2H3. The summed E-state index contributed by atoms with van der Waals surface area (Å²) in [6.07, 6.45) is 0.945. The van der Waals surface area contributed by atoms with Gasteiger partial charge in [0, 0.05) is 10.5 Å². The van der Waals surface area contributed by atoms with Crippen molar-refractivity contribution in [1.29, 1.82) is 0 Å². The maximum atomic E-state index is 11.7. The summed E-state index contributed by atoms with van der Waals surface area (Å²) in [5.74, 6) is -0.143. The number of hydrogen-bond donors (Lipinski definition) is 0. The second-order valence-electron chi connectivity index (χ2n) is 3.30. The average Bonchev–Trinajstić information content (AvgIpc) is 2.28. The molecule has 0 aliphatic heterocycles. The van der Waals surface area contributed by atoms with Crippen LogP contribution in [0.1, 0.15) is 29.8 Å².